The standard InChI is InChI=1S/C65H56N4O/c1-63(2,3)47-34-35-66-61(38-47)69-57-27-15-14-24-53(57)54-31-30-50(40-59(54)69)70-49-23-16-22-48(39-49)67-42-68(62-51(43-18-10-8-11-19-43)25-17-26-52(62)44-20-12-9-13-21-44)58-33-29-46(37-60(58)67)45-28-32-55-56(36-45)65(6,7)41-64(55,4)5/h8-40H,41H2,1-7H3/i8D,9D,10D,11D,12D,13D,18D,19D,20D,21D. The van der Waals surface area contributed by atoms with Crippen LogP contribution >= 0.6 is 0 Å². The maximum absolute atomic E-state index is 9.22. The van der Waals surface area contributed by atoms with Crippen molar-refractivity contribution in [2.24, 2.45) is 0 Å². The smallest absolute Gasteiger partial charge is 0.269 e. The predicted molar refractivity (Wildman–Crippen MR) is 288 cm³/mol. The third-order valence-corrected chi connectivity index (χ3v) is 13.9. The second-order valence-corrected chi connectivity index (χ2v) is 20.7. The molecule has 5 heteroatoms. The molecule has 0 N–H and O–H groups in total. The molecule has 0 amide bonds. The maximum atomic E-state index is 9.22. The molecule has 0 atom stereocenters. The zero-order valence-electron chi connectivity index (χ0n) is 50.2. The number of rotatable bonds is 8. The Bertz CT molecular complexity index is 4290. The molecule has 3 aromatic heterocycles. The summed E-state index contributed by atoms with van der Waals surface area (Å²) in [6.45, 7) is 15.7. The van der Waals surface area contributed by atoms with E-state index in [9.17, 15) is 5.48 Å². The summed E-state index contributed by atoms with van der Waals surface area (Å²) in [6, 6.07) is 38.4. The summed E-state index contributed by atoms with van der Waals surface area (Å²) in [7, 11) is 0. The molecule has 342 valence electrons. The van der Waals surface area contributed by atoms with Crippen molar-refractivity contribution in [2.75, 3.05) is 0 Å². The highest BCUT2D eigenvalue weighted by molar-refractivity contribution is 6.09. The lowest BCUT2D eigenvalue weighted by Gasteiger charge is -2.22. The zero-order valence-corrected chi connectivity index (χ0v) is 40.2. The number of ether oxygens (including phenoxy) is 1. The third kappa shape index (κ3) is 7.39. The van der Waals surface area contributed by atoms with Crippen LogP contribution in [-0.2, 0) is 16.2 Å². The Kier molecular flexibility index (Phi) is 7.80. The molecule has 0 saturated carbocycles. The fraction of sp³-hybridized carbons (Fsp3) is 0.169. The number of para-hydroxylation sites is 2. The maximum Gasteiger partial charge on any atom is 0.269 e. The molecule has 1 aliphatic carbocycles. The largest absolute Gasteiger partial charge is 0.458 e. The van der Waals surface area contributed by atoms with Gasteiger partial charge in [0.15, 0.2) is 0 Å². The van der Waals surface area contributed by atoms with Gasteiger partial charge in [0, 0.05) is 23.0 Å². The second kappa shape index (κ2) is 16.3. The summed E-state index contributed by atoms with van der Waals surface area (Å²) >= 11 is 0. The molecular weight excluding hydrogens is 853 g/mol. The Hall–Kier alpha value is -8.02. The summed E-state index contributed by atoms with van der Waals surface area (Å²) in [5.74, 6) is 1.89. The van der Waals surface area contributed by atoms with Crippen molar-refractivity contribution in [3.8, 4) is 62.1 Å². The van der Waals surface area contributed by atoms with Gasteiger partial charge in [-0.05, 0) is 127 Å². The van der Waals surface area contributed by atoms with Crippen LogP contribution in [0, 0.1) is 6.33 Å². The van der Waals surface area contributed by atoms with E-state index in [-0.39, 0.29) is 44.2 Å². The van der Waals surface area contributed by atoms with Crippen molar-refractivity contribution in [1.29, 1.82) is 0 Å². The number of hydrogen-bond donors (Lipinski definition) is 0. The summed E-state index contributed by atoms with van der Waals surface area (Å²) in [6.07, 6.45) is 6.43. The van der Waals surface area contributed by atoms with Crippen molar-refractivity contribution in [3.05, 3.63) is 223 Å². The molecule has 12 rings (SSSR count). The SMILES string of the molecule is [2H]c1c([2H])c([2H])c(-c2cccc(-c3c([2H])c([2H])c([2H])c([2H])c3[2H])c2-[n+]2[c-]n(-c3cccc(Oc4ccc5c6ccccc6n(-c6cc(C(C)(C)C)ccn6)c5c4)c3)c3cc(-c4ccc5c(c4)C(C)(C)CC5(C)C)ccc32)c([2H])c1[2H]. The van der Waals surface area contributed by atoms with Crippen LogP contribution in [0.2, 0.25) is 0 Å². The number of fused-ring (bicyclic) bond motifs is 5. The molecule has 0 saturated heterocycles. The number of imidazole rings is 1. The molecular formula is C65H56N4O. The summed E-state index contributed by atoms with van der Waals surface area (Å²) in [5.41, 5.74) is 9.48. The van der Waals surface area contributed by atoms with Crippen LogP contribution in [-0.4, -0.2) is 14.1 Å². The average molecular weight is 919 g/mol. The van der Waals surface area contributed by atoms with Crippen LogP contribution in [0.1, 0.15) is 85.3 Å². The van der Waals surface area contributed by atoms with Gasteiger partial charge in [-0.25, -0.2) is 4.98 Å². The zero-order chi connectivity index (χ0) is 56.6. The van der Waals surface area contributed by atoms with Gasteiger partial charge in [-0.15, -0.1) is 0 Å². The first-order valence-electron chi connectivity index (χ1n) is 28.7. The second-order valence-electron chi connectivity index (χ2n) is 20.7. The quantitative estimate of drug-likeness (QED) is 0.112. The molecule has 0 spiro atoms. The van der Waals surface area contributed by atoms with Gasteiger partial charge >= 0.3 is 0 Å². The Balaban J connectivity index is 1.09. The lowest BCUT2D eigenvalue weighted by molar-refractivity contribution is -0.571. The molecule has 5 nitrogen and oxygen atoms in total. The van der Waals surface area contributed by atoms with Crippen LogP contribution in [0.15, 0.2) is 200 Å². The highest BCUT2D eigenvalue weighted by atomic mass is 16.5. The fourth-order valence-corrected chi connectivity index (χ4v) is 10.9. The van der Waals surface area contributed by atoms with Crippen LogP contribution < -0.4 is 9.30 Å². The molecule has 70 heavy (non-hydrogen) atoms. The van der Waals surface area contributed by atoms with Gasteiger partial charge in [0.05, 0.1) is 47.1 Å². The van der Waals surface area contributed by atoms with Crippen molar-refractivity contribution >= 4 is 32.8 Å². The molecule has 0 radical (unpaired) electrons. The minimum Gasteiger partial charge on any atom is -0.458 e. The highest BCUT2D eigenvalue weighted by Crippen LogP contribution is 2.50. The molecule has 8 aromatic carbocycles. The van der Waals surface area contributed by atoms with Gasteiger partial charge in [-0.1, -0.05) is 182 Å². The van der Waals surface area contributed by atoms with E-state index in [0.717, 1.165) is 50.7 Å². The van der Waals surface area contributed by atoms with Crippen molar-refractivity contribution < 1.29 is 23.0 Å². The summed E-state index contributed by atoms with van der Waals surface area (Å²) < 4.78 is 101. The molecule has 0 aliphatic heterocycles. The first-order chi connectivity index (χ1) is 37.9. The monoisotopic (exact) mass is 919 g/mol. The average Bonchev–Trinajstić information content (AvgIpc) is 4.05. The van der Waals surface area contributed by atoms with E-state index in [2.05, 4.69) is 114 Å². The number of nitrogens with zero attached hydrogens (tertiary/aromatic N) is 4. The van der Waals surface area contributed by atoms with Crippen molar-refractivity contribution in [3.63, 3.8) is 0 Å². The lowest BCUT2D eigenvalue weighted by atomic mass is 9.82. The minimum absolute atomic E-state index is 0.00528. The van der Waals surface area contributed by atoms with E-state index < -0.39 is 60.4 Å². The Morgan fingerprint density at radius 1 is 0.586 bits per heavy atom. The Morgan fingerprint density at radius 3 is 1.99 bits per heavy atom. The molecule has 0 bridgehead atoms. The van der Waals surface area contributed by atoms with E-state index in [1.165, 1.54) is 11.1 Å². The summed E-state index contributed by atoms with van der Waals surface area (Å²) in [5, 5.41) is 2.12. The van der Waals surface area contributed by atoms with Gasteiger partial charge in [0.25, 0.3) is 6.33 Å². The number of aromatic nitrogens is 4. The van der Waals surface area contributed by atoms with E-state index in [1.807, 2.05) is 71.4 Å². The molecule has 0 fully saturated rings. The Morgan fingerprint density at radius 2 is 1.24 bits per heavy atom. The molecule has 11 aromatic rings. The van der Waals surface area contributed by atoms with Crippen molar-refractivity contribution in [1.82, 2.24) is 14.1 Å². The first-order valence-corrected chi connectivity index (χ1v) is 23.7. The first kappa shape index (κ1) is 33.5. The topological polar surface area (TPSA) is 35.9 Å². The minimum atomic E-state index is -0.568. The normalized spacial score (nSPS) is 16.1. The van der Waals surface area contributed by atoms with Gasteiger partial charge in [0.1, 0.15) is 17.3 Å². The van der Waals surface area contributed by atoms with E-state index in [1.54, 1.807) is 22.8 Å². The molecule has 1 aliphatic rings. The van der Waals surface area contributed by atoms with E-state index in [0.29, 0.717) is 28.2 Å². The van der Waals surface area contributed by atoms with Gasteiger partial charge in [0.2, 0.25) is 0 Å². The predicted octanol–water partition coefficient (Wildman–Crippen LogP) is 16.2. The van der Waals surface area contributed by atoms with Crippen molar-refractivity contribution in [2.45, 2.75) is 71.1 Å². The third-order valence-electron chi connectivity index (χ3n) is 13.9. The molecule has 0 unspecified atom stereocenters. The number of pyridine rings is 1. The van der Waals surface area contributed by atoms with Crippen LogP contribution in [0.5, 0.6) is 11.5 Å². The number of benzene rings is 8. The lowest BCUT2D eigenvalue weighted by Crippen LogP contribution is -2.31. The van der Waals surface area contributed by atoms with Crippen LogP contribution in [0.3, 0.4) is 0 Å². The van der Waals surface area contributed by atoms with Crippen LogP contribution in [0.4, 0.5) is 0 Å². The van der Waals surface area contributed by atoms with Gasteiger partial charge in [-0.3, -0.25) is 13.7 Å². The Labute approximate surface area is 425 Å². The van der Waals surface area contributed by atoms with E-state index >= 15 is 0 Å². The van der Waals surface area contributed by atoms with Gasteiger partial charge < -0.3 is 4.74 Å². The van der Waals surface area contributed by atoms with Crippen LogP contribution in [0.25, 0.3) is 83.4 Å². The highest BCUT2D eigenvalue weighted by Gasteiger charge is 2.41. The van der Waals surface area contributed by atoms with Gasteiger partial charge in [-0.2, -0.15) is 0 Å². The number of hydrogen-bond acceptors (Lipinski definition) is 2. The van der Waals surface area contributed by atoms with E-state index in [4.69, 9.17) is 17.9 Å². The molecule has 3 heterocycles. The summed E-state index contributed by atoms with van der Waals surface area (Å²) in [4.78, 5) is 4.87. The fourth-order valence-electron chi connectivity index (χ4n) is 10.9.